The van der Waals surface area contributed by atoms with Gasteiger partial charge >= 0.3 is 6.61 Å². The second-order valence-corrected chi connectivity index (χ2v) is 5.01. The lowest BCUT2D eigenvalue weighted by Gasteiger charge is -2.24. The summed E-state index contributed by atoms with van der Waals surface area (Å²) in [5, 5.41) is 10.2. The van der Waals surface area contributed by atoms with E-state index in [0.29, 0.717) is 5.56 Å². The van der Waals surface area contributed by atoms with E-state index >= 15 is 0 Å². The van der Waals surface area contributed by atoms with Crippen molar-refractivity contribution in [1.82, 2.24) is 0 Å². The molecule has 0 saturated heterocycles. The van der Waals surface area contributed by atoms with Crippen molar-refractivity contribution in [3.05, 3.63) is 29.8 Å². The van der Waals surface area contributed by atoms with Crippen molar-refractivity contribution in [2.75, 3.05) is 0 Å². The summed E-state index contributed by atoms with van der Waals surface area (Å²) < 4.78 is 28.6. The monoisotopic (exact) mass is 271 g/mol. The Morgan fingerprint density at radius 3 is 2.58 bits per heavy atom. The zero-order chi connectivity index (χ0) is 13.8. The number of rotatable bonds is 5. The van der Waals surface area contributed by atoms with Gasteiger partial charge in [0.2, 0.25) is 0 Å². The van der Waals surface area contributed by atoms with Crippen LogP contribution in [0.4, 0.5) is 8.78 Å². The SMILES string of the molecule is N[C@@H](c1cccc(OC(F)F)c1)[C@H](O)C1CCCC1. The number of nitrogens with two attached hydrogens (primary N) is 1. The van der Waals surface area contributed by atoms with Crippen LogP contribution in [-0.4, -0.2) is 17.8 Å². The van der Waals surface area contributed by atoms with Crippen molar-refractivity contribution in [3.63, 3.8) is 0 Å². The smallest absolute Gasteiger partial charge is 0.387 e. The van der Waals surface area contributed by atoms with Crippen molar-refractivity contribution in [2.24, 2.45) is 11.7 Å². The zero-order valence-corrected chi connectivity index (χ0v) is 10.6. The first-order chi connectivity index (χ1) is 9.08. The minimum absolute atomic E-state index is 0.0709. The third-order valence-electron chi connectivity index (χ3n) is 3.72. The molecule has 3 N–H and O–H groups in total. The average molecular weight is 271 g/mol. The molecule has 0 amide bonds. The highest BCUT2D eigenvalue weighted by Gasteiger charge is 2.28. The van der Waals surface area contributed by atoms with Gasteiger partial charge in [0, 0.05) is 0 Å². The Labute approximate surface area is 111 Å². The van der Waals surface area contributed by atoms with E-state index in [1.807, 2.05) is 0 Å². The van der Waals surface area contributed by atoms with Crippen LogP contribution in [0.2, 0.25) is 0 Å². The quantitative estimate of drug-likeness (QED) is 0.865. The molecule has 1 fully saturated rings. The molecule has 19 heavy (non-hydrogen) atoms. The maximum atomic E-state index is 12.2. The zero-order valence-electron chi connectivity index (χ0n) is 10.6. The number of alkyl halides is 2. The van der Waals surface area contributed by atoms with Gasteiger partial charge in [0.25, 0.3) is 0 Å². The van der Waals surface area contributed by atoms with Gasteiger partial charge in [-0.15, -0.1) is 0 Å². The second kappa shape index (κ2) is 6.30. The summed E-state index contributed by atoms with van der Waals surface area (Å²) in [5.41, 5.74) is 6.65. The summed E-state index contributed by atoms with van der Waals surface area (Å²) in [6, 6.07) is 5.68. The third-order valence-corrected chi connectivity index (χ3v) is 3.72. The summed E-state index contributed by atoms with van der Waals surface area (Å²) in [7, 11) is 0. The molecule has 1 aromatic carbocycles. The molecule has 0 aliphatic heterocycles. The minimum Gasteiger partial charge on any atom is -0.435 e. The predicted molar refractivity (Wildman–Crippen MR) is 68.0 cm³/mol. The third kappa shape index (κ3) is 3.64. The lowest BCUT2D eigenvalue weighted by molar-refractivity contribution is -0.0499. The van der Waals surface area contributed by atoms with Gasteiger partial charge in [0.05, 0.1) is 12.1 Å². The molecule has 0 radical (unpaired) electrons. The summed E-state index contributed by atoms with van der Waals surface area (Å²) in [6.07, 6.45) is 3.54. The van der Waals surface area contributed by atoms with Gasteiger partial charge in [0.15, 0.2) is 0 Å². The number of aliphatic hydroxyl groups is 1. The molecule has 1 aliphatic rings. The number of aliphatic hydroxyl groups excluding tert-OH is 1. The second-order valence-electron chi connectivity index (χ2n) is 5.01. The first-order valence-corrected chi connectivity index (χ1v) is 6.56. The number of halogens is 2. The minimum atomic E-state index is -2.86. The lowest BCUT2D eigenvalue weighted by atomic mass is 9.91. The van der Waals surface area contributed by atoms with Gasteiger partial charge in [-0.25, -0.2) is 0 Å². The highest BCUT2D eigenvalue weighted by Crippen LogP contribution is 2.33. The van der Waals surface area contributed by atoms with E-state index in [9.17, 15) is 13.9 Å². The Kier molecular flexibility index (Phi) is 4.71. The van der Waals surface area contributed by atoms with Gasteiger partial charge in [-0.05, 0) is 36.5 Å². The van der Waals surface area contributed by atoms with E-state index in [0.717, 1.165) is 25.7 Å². The van der Waals surface area contributed by atoms with Crippen molar-refractivity contribution in [2.45, 2.75) is 44.4 Å². The average Bonchev–Trinajstić information content (AvgIpc) is 2.90. The topological polar surface area (TPSA) is 55.5 Å². The van der Waals surface area contributed by atoms with E-state index in [4.69, 9.17) is 5.73 Å². The fraction of sp³-hybridized carbons (Fsp3) is 0.571. The Morgan fingerprint density at radius 1 is 1.26 bits per heavy atom. The Morgan fingerprint density at radius 2 is 1.95 bits per heavy atom. The van der Waals surface area contributed by atoms with Crippen LogP contribution in [0.25, 0.3) is 0 Å². The molecule has 5 heteroatoms. The molecule has 3 nitrogen and oxygen atoms in total. The molecular weight excluding hydrogens is 252 g/mol. The molecule has 0 unspecified atom stereocenters. The fourth-order valence-corrected chi connectivity index (χ4v) is 2.69. The molecule has 0 heterocycles. The standard InChI is InChI=1S/C14H19F2NO2/c15-14(16)19-11-7-3-6-10(8-11)12(17)13(18)9-4-1-2-5-9/h3,6-9,12-14,18H,1-2,4-5,17H2/t12-,13+/m0/s1. The van der Waals surface area contributed by atoms with Gasteiger partial charge in [-0.2, -0.15) is 8.78 Å². The molecule has 2 atom stereocenters. The summed E-state index contributed by atoms with van der Waals surface area (Å²) in [4.78, 5) is 0. The molecule has 106 valence electrons. The van der Waals surface area contributed by atoms with Crippen LogP contribution >= 0.6 is 0 Å². The molecule has 2 rings (SSSR count). The molecule has 0 bridgehead atoms. The number of benzene rings is 1. The normalized spacial score (nSPS) is 19.6. The maximum Gasteiger partial charge on any atom is 0.387 e. The first kappa shape index (κ1) is 14.2. The Balaban J connectivity index is 2.07. The summed E-state index contributed by atoms with van der Waals surface area (Å²) in [6.45, 7) is -2.86. The predicted octanol–water partition coefficient (Wildman–Crippen LogP) is 2.84. The van der Waals surface area contributed by atoms with Gasteiger partial charge in [-0.3, -0.25) is 0 Å². The largest absolute Gasteiger partial charge is 0.435 e. The van der Waals surface area contributed by atoms with Gasteiger partial charge < -0.3 is 15.6 Å². The van der Waals surface area contributed by atoms with Crippen LogP contribution in [0.3, 0.4) is 0 Å². The van der Waals surface area contributed by atoms with E-state index in [-0.39, 0.29) is 11.7 Å². The first-order valence-electron chi connectivity index (χ1n) is 6.56. The summed E-state index contributed by atoms with van der Waals surface area (Å²) in [5.74, 6) is 0.274. The molecule has 1 saturated carbocycles. The number of ether oxygens (including phenoxy) is 1. The van der Waals surface area contributed by atoms with Crippen LogP contribution in [0.5, 0.6) is 5.75 Å². The van der Waals surface area contributed by atoms with Crippen LogP contribution in [0.1, 0.15) is 37.3 Å². The van der Waals surface area contributed by atoms with Crippen molar-refractivity contribution < 1.29 is 18.6 Å². The van der Waals surface area contributed by atoms with E-state index in [2.05, 4.69) is 4.74 Å². The van der Waals surface area contributed by atoms with E-state index in [1.54, 1.807) is 12.1 Å². The van der Waals surface area contributed by atoms with Gasteiger partial charge in [-0.1, -0.05) is 25.0 Å². The van der Waals surface area contributed by atoms with Crippen molar-refractivity contribution in [1.29, 1.82) is 0 Å². The van der Waals surface area contributed by atoms with E-state index in [1.165, 1.54) is 12.1 Å². The van der Waals surface area contributed by atoms with Crippen LogP contribution in [-0.2, 0) is 0 Å². The Hall–Kier alpha value is -1.20. The number of hydrogen-bond donors (Lipinski definition) is 2. The highest BCUT2D eigenvalue weighted by molar-refractivity contribution is 5.31. The van der Waals surface area contributed by atoms with Crippen LogP contribution in [0, 0.1) is 5.92 Å². The van der Waals surface area contributed by atoms with Crippen LogP contribution in [0.15, 0.2) is 24.3 Å². The van der Waals surface area contributed by atoms with Crippen molar-refractivity contribution >= 4 is 0 Å². The molecule has 1 aromatic rings. The van der Waals surface area contributed by atoms with E-state index < -0.39 is 18.8 Å². The van der Waals surface area contributed by atoms with Gasteiger partial charge in [0.1, 0.15) is 5.75 Å². The summed E-state index contributed by atoms with van der Waals surface area (Å²) >= 11 is 0. The van der Waals surface area contributed by atoms with Crippen LogP contribution < -0.4 is 10.5 Å². The lowest BCUT2D eigenvalue weighted by Crippen LogP contribution is -2.31. The molecule has 0 aromatic heterocycles. The molecule has 0 spiro atoms. The Bertz CT molecular complexity index is 408. The molecular formula is C14H19F2NO2. The molecule has 1 aliphatic carbocycles. The number of hydrogen-bond acceptors (Lipinski definition) is 3. The highest BCUT2D eigenvalue weighted by atomic mass is 19.3. The van der Waals surface area contributed by atoms with Crippen molar-refractivity contribution in [3.8, 4) is 5.75 Å². The maximum absolute atomic E-state index is 12.2. The fourth-order valence-electron chi connectivity index (χ4n) is 2.69.